The van der Waals surface area contributed by atoms with Crippen molar-refractivity contribution >= 4 is 5.91 Å². The summed E-state index contributed by atoms with van der Waals surface area (Å²) in [5.74, 6) is 1.01. The maximum Gasteiger partial charge on any atom is 0.243 e. The van der Waals surface area contributed by atoms with Crippen LogP contribution in [0.4, 0.5) is 0 Å². The molecule has 19 heavy (non-hydrogen) atoms. The largest absolute Gasteiger partial charge is 0.340 e. The Labute approximate surface area is 112 Å². The Balaban J connectivity index is 1.56. The lowest BCUT2D eigenvalue weighted by atomic mass is 10.0. The van der Waals surface area contributed by atoms with Crippen LogP contribution in [0, 0.1) is 0 Å². The predicted octanol–water partition coefficient (Wildman–Crippen LogP) is 1.22. The Hall–Kier alpha value is -1.43. The van der Waals surface area contributed by atoms with E-state index < -0.39 is 0 Å². The van der Waals surface area contributed by atoms with Gasteiger partial charge in [0, 0.05) is 32.1 Å². The molecule has 3 rings (SSSR count). The first-order valence-corrected chi connectivity index (χ1v) is 7.06. The average Bonchev–Trinajstić information content (AvgIpc) is 3.09. The van der Waals surface area contributed by atoms with Gasteiger partial charge in [0.15, 0.2) is 6.33 Å². The second-order valence-corrected chi connectivity index (χ2v) is 5.41. The third kappa shape index (κ3) is 2.49. The molecule has 0 saturated carbocycles. The van der Waals surface area contributed by atoms with Gasteiger partial charge < -0.3 is 9.42 Å². The van der Waals surface area contributed by atoms with Gasteiger partial charge in [-0.05, 0) is 26.2 Å². The molecule has 0 aromatic carbocycles. The first kappa shape index (κ1) is 12.6. The van der Waals surface area contributed by atoms with Crippen molar-refractivity contribution in [1.29, 1.82) is 0 Å². The lowest BCUT2D eigenvalue weighted by molar-refractivity contribution is -0.130. The van der Waals surface area contributed by atoms with E-state index >= 15 is 0 Å². The zero-order valence-electron chi connectivity index (χ0n) is 11.3. The molecule has 3 heterocycles. The Morgan fingerprint density at radius 1 is 1.37 bits per heavy atom. The highest BCUT2D eigenvalue weighted by molar-refractivity contribution is 5.78. The van der Waals surface area contributed by atoms with Crippen LogP contribution < -0.4 is 0 Å². The Kier molecular flexibility index (Phi) is 3.50. The maximum absolute atomic E-state index is 11.8. The minimum atomic E-state index is 0.165. The van der Waals surface area contributed by atoms with Crippen LogP contribution in [0.1, 0.15) is 44.5 Å². The summed E-state index contributed by atoms with van der Waals surface area (Å²) in [6.07, 6.45) is 5.30. The maximum atomic E-state index is 11.8. The van der Waals surface area contributed by atoms with Crippen LogP contribution in [0.25, 0.3) is 0 Å². The molecule has 2 aliphatic heterocycles. The number of likely N-dealkylation sites (tertiary alicyclic amines) is 2. The monoisotopic (exact) mass is 264 g/mol. The quantitative estimate of drug-likeness (QED) is 0.821. The van der Waals surface area contributed by atoms with Gasteiger partial charge in [-0.3, -0.25) is 9.69 Å². The summed E-state index contributed by atoms with van der Waals surface area (Å²) in [5.41, 5.74) is 0. The van der Waals surface area contributed by atoms with E-state index in [1.807, 2.05) is 0 Å². The fourth-order valence-electron chi connectivity index (χ4n) is 3.16. The van der Waals surface area contributed by atoms with Gasteiger partial charge in [0.1, 0.15) is 0 Å². The number of piperidine rings is 1. The molecule has 2 saturated heterocycles. The van der Waals surface area contributed by atoms with Gasteiger partial charge in [0.05, 0.1) is 6.04 Å². The first-order chi connectivity index (χ1) is 9.25. The van der Waals surface area contributed by atoms with Crippen molar-refractivity contribution in [3.63, 3.8) is 0 Å². The molecule has 1 aromatic rings. The Morgan fingerprint density at radius 2 is 2.16 bits per heavy atom. The highest BCUT2D eigenvalue weighted by atomic mass is 16.5. The van der Waals surface area contributed by atoms with Crippen molar-refractivity contribution in [3.05, 3.63) is 12.2 Å². The molecule has 0 bridgehead atoms. The number of aromatic nitrogens is 2. The van der Waals surface area contributed by atoms with E-state index in [4.69, 9.17) is 4.52 Å². The topological polar surface area (TPSA) is 62.5 Å². The van der Waals surface area contributed by atoms with Gasteiger partial charge in [-0.15, -0.1) is 0 Å². The lowest BCUT2D eigenvalue weighted by Gasteiger charge is -2.38. The highest BCUT2D eigenvalue weighted by Gasteiger charge is 2.32. The van der Waals surface area contributed by atoms with Crippen LogP contribution in [-0.2, 0) is 4.79 Å². The van der Waals surface area contributed by atoms with Gasteiger partial charge in [0.2, 0.25) is 11.8 Å². The van der Waals surface area contributed by atoms with E-state index in [1.165, 1.54) is 6.33 Å². The van der Waals surface area contributed by atoms with Crippen molar-refractivity contribution in [2.75, 3.05) is 19.6 Å². The average molecular weight is 264 g/mol. The van der Waals surface area contributed by atoms with Crippen LogP contribution in [-0.4, -0.2) is 51.5 Å². The van der Waals surface area contributed by atoms with E-state index in [-0.39, 0.29) is 6.04 Å². The van der Waals surface area contributed by atoms with Gasteiger partial charge >= 0.3 is 0 Å². The second-order valence-electron chi connectivity index (χ2n) is 5.41. The predicted molar refractivity (Wildman–Crippen MR) is 68.3 cm³/mol. The molecule has 0 aliphatic carbocycles. The molecule has 0 N–H and O–H groups in total. The van der Waals surface area contributed by atoms with Crippen LogP contribution in [0.2, 0.25) is 0 Å². The summed E-state index contributed by atoms with van der Waals surface area (Å²) in [7, 11) is 0. The molecule has 104 valence electrons. The third-order valence-electron chi connectivity index (χ3n) is 4.33. The minimum absolute atomic E-state index is 0.165. The summed E-state index contributed by atoms with van der Waals surface area (Å²) in [6.45, 7) is 5.01. The molecule has 0 spiro atoms. The summed E-state index contributed by atoms with van der Waals surface area (Å²) >= 11 is 0. The fraction of sp³-hybridized carbons (Fsp3) is 0.769. The molecule has 2 aliphatic rings. The molecule has 2 fully saturated rings. The van der Waals surface area contributed by atoms with E-state index in [9.17, 15) is 4.79 Å². The molecule has 6 nitrogen and oxygen atoms in total. The zero-order chi connectivity index (χ0) is 13.2. The SMILES string of the molecule is CC(c1ncno1)N1CCC(N2CCCC2=O)CC1. The van der Waals surface area contributed by atoms with Crippen molar-refractivity contribution < 1.29 is 9.32 Å². The summed E-state index contributed by atoms with van der Waals surface area (Å²) in [6, 6.07) is 0.596. The van der Waals surface area contributed by atoms with Crippen LogP contribution in [0.15, 0.2) is 10.9 Å². The third-order valence-corrected chi connectivity index (χ3v) is 4.33. The highest BCUT2D eigenvalue weighted by Crippen LogP contribution is 2.26. The zero-order valence-corrected chi connectivity index (χ0v) is 11.3. The fourth-order valence-corrected chi connectivity index (χ4v) is 3.16. The normalized spacial score (nSPS) is 24.1. The smallest absolute Gasteiger partial charge is 0.243 e. The van der Waals surface area contributed by atoms with Crippen LogP contribution >= 0.6 is 0 Å². The van der Waals surface area contributed by atoms with E-state index in [0.717, 1.165) is 45.3 Å². The number of carbonyl (C=O) groups is 1. The van der Waals surface area contributed by atoms with E-state index in [0.29, 0.717) is 17.8 Å². The Bertz CT molecular complexity index is 426. The minimum Gasteiger partial charge on any atom is -0.340 e. The van der Waals surface area contributed by atoms with E-state index in [1.54, 1.807) is 0 Å². The number of hydrogen-bond acceptors (Lipinski definition) is 5. The van der Waals surface area contributed by atoms with Gasteiger partial charge in [-0.25, -0.2) is 0 Å². The summed E-state index contributed by atoms with van der Waals surface area (Å²) < 4.78 is 5.12. The van der Waals surface area contributed by atoms with Gasteiger partial charge in [-0.1, -0.05) is 5.16 Å². The second kappa shape index (κ2) is 5.28. The van der Waals surface area contributed by atoms with Gasteiger partial charge in [-0.2, -0.15) is 4.98 Å². The number of amides is 1. The molecule has 1 amide bonds. The number of hydrogen-bond donors (Lipinski definition) is 0. The van der Waals surface area contributed by atoms with Crippen LogP contribution in [0.3, 0.4) is 0 Å². The lowest BCUT2D eigenvalue weighted by Crippen LogP contribution is -2.46. The number of rotatable bonds is 3. The molecule has 1 atom stereocenters. The van der Waals surface area contributed by atoms with Gasteiger partial charge in [0.25, 0.3) is 0 Å². The van der Waals surface area contributed by atoms with Crippen molar-refractivity contribution in [2.24, 2.45) is 0 Å². The van der Waals surface area contributed by atoms with E-state index in [2.05, 4.69) is 26.9 Å². The first-order valence-electron chi connectivity index (χ1n) is 7.06. The molecule has 1 aromatic heterocycles. The molecule has 1 unspecified atom stereocenters. The molecular formula is C13H20N4O2. The summed E-state index contributed by atoms with van der Waals surface area (Å²) in [5, 5.41) is 3.66. The molecular weight excluding hydrogens is 244 g/mol. The molecule has 6 heteroatoms. The van der Waals surface area contributed by atoms with Crippen molar-refractivity contribution in [1.82, 2.24) is 19.9 Å². The van der Waals surface area contributed by atoms with Crippen LogP contribution in [0.5, 0.6) is 0 Å². The number of nitrogens with zero attached hydrogens (tertiary/aromatic N) is 4. The summed E-state index contributed by atoms with van der Waals surface area (Å²) in [4.78, 5) is 20.3. The molecule has 0 radical (unpaired) electrons. The number of carbonyl (C=O) groups excluding carboxylic acids is 1. The van der Waals surface area contributed by atoms with Crippen molar-refractivity contribution in [3.8, 4) is 0 Å². The van der Waals surface area contributed by atoms with Crippen molar-refractivity contribution in [2.45, 2.75) is 44.7 Å². The Morgan fingerprint density at radius 3 is 2.74 bits per heavy atom. The standard InChI is InChI=1S/C13H20N4O2/c1-10(13-14-9-15-19-13)16-7-4-11(5-8-16)17-6-2-3-12(17)18/h9-11H,2-8H2,1H3.